The number of oxime groups is 1. The van der Waals surface area contributed by atoms with E-state index in [0.29, 0.717) is 12.5 Å². The van der Waals surface area contributed by atoms with Crippen molar-refractivity contribution in [2.75, 3.05) is 13.2 Å². The Morgan fingerprint density at radius 2 is 1.95 bits per heavy atom. The number of aliphatic hydroxyl groups excluding tert-OH is 1. The molecule has 1 N–H and O–H groups in total. The molecule has 0 saturated heterocycles. The van der Waals surface area contributed by atoms with Crippen LogP contribution < -0.4 is 0 Å². The van der Waals surface area contributed by atoms with Crippen LogP contribution in [0.5, 0.6) is 0 Å². The molecule has 0 radical (unpaired) electrons. The fourth-order valence-electron chi connectivity index (χ4n) is 2.81. The second kappa shape index (κ2) is 7.08. The number of benzene rings is 1. The fourth-order valence-corrected chi connectivity index (χ4v) is 2.81. The summed E-state index contributed by atoms with van der Waals surface area (Å²) in [4.78, 5) is 5.06. The zero-order valence-electron chi connectivity index (χ0n) is 13.4. The summed E-state index contributed by atoms with van der Waals surface area (Å²) < 4.78 is 0. The van der Waals surface area contributed by atoms with Crippen LogP contribution in [-0.4, -0.2) is 24.0 Å². The molecule has 3 heteroatoms. The van der Waals surface area contributed by atoms with Crippen molar-refractivity contribution in [1.82, 2.24) is 0 Å². The lowest BCUT2D eigenvalue weighted by Crippen LogP contribution is -2.15. The Kier molecular flexibility index (Phi) is 5.40. The lowest BCUT2D eigenvalue weighted by Gasteiger charge is -2.26. The highest BCUT2D eigenvalue weighted by atomic mass is 16.6. The molecule has 0 heterocycles. The van der Waals surface area contributed by atoms with Crippen molar-refractivity contribution < 1.29 is 9.94 Å². The van der Waals surface area contributed by atoms with Gasteiger partial charge in [0, 0.05) is 0 Å². The van der Waals surface area contributed by atoms with E-state index in [1.54, 1.807) is 0 Å². The molecule has 0 aliphatic heterocycles. The molecule has 3 nitrogen and oxygen atoms in total. The number of aliphatic hydroxyl groups is 1. The summed E-state index contributed by atoms with van der Waals surface area (Å²) in [6.07, 6.45) is 4.26. The molecule has 0 bridgehead atoms. The quantitative estimate of drug-likeness (QED) is 0.672. The summed E-state index contributed by atoms with van der Waals surface area (Å²) in [6, 6.07) is 9.03. The predicted octanol–water partition coefficient (Wildman–Crippen LogP) is 4.01. The van der Waals surface area contributed by atoms with Gasteiger partial charge in [0.05, 0.1) is 12.3 Å². The average Bonchev–Trinajstić information content (AvgIpc) is 2.47. The molecule has 116 valence electrons. The summed E-state index contributed by atoms with van der Waals surface area (Å²) in [7, 11) is 0. The lowest BCUT2D eigenvalue weighted by atomic mass is 9.80. The third-order valence-electron chi connectivity index (χ3n) is 4.16. The molecule has 1 aliphatic carbocycles. The Labute approximate surface area is 128 Å². The molecule has 0 spiro atoms. The van der Waals surface area contributed by atoms with Gasteiger partial charge in [-0.05, 0) is 48.1 Å². The molecule has 1 aliphatic rings. The normalized spacial score (nSPS) is 19.4. The second-order valence-corrected chi connectivity index (χ2v) is 6.86. The Balaban J connectivity index is 1.98. The number of hydrogen-bond donors (Lipinski definition) is 1. The highest BCUT2D eigenvalue weighted by molar-refractivity contribution is 5.84. The van der Waals surface area contributed by atoms with Crippen molar-refractivity contribution in [3.63, 3.8) is 0 Å². The zero-order chi connectivity index (χ0) is 15.3. The predicted molar refractivity (Wildman–Crippen MR) is 86.8 cm³/mol. The summed E-state index contributed by atoms with van der Waals surface area (Å²) in [5.41, 5.74) is 4.20. The van der Waals surface area contributed by atoms with E-state index in [2.05, 4.69) is 50.2 Å². The molecular formula is C18H27NO2. The Morgan fingerprint density at radius 3 is 2.57 bits per heavy atom. The van der Waals surface area contributed by atoms with E-state index in [-0.39, 0.29) is 12.0 Å². The maximum Gasteiger partial charge on any atom is 0.140 e. The topological polar surface area (TPSA) is 41.8 Å². The maximum atomic E-state index is 8.68. The van der Waals surface area contributed by atoms with Crippen LogP contribution in [0.4, 0.5) is 0 Å². The fraction of sp³-hybridized carbons (Fsp3) is 0.611. The van der Waals surface area contributed by atoms with Crippen LogP contribution in [0.3, 0.4) is 0 Å². The molecule has 0 unspecified atom stereocenters. The molecule has 1 fully saturated rings. The highest BCUT2D eigenvalue weighted by Crippen LogP contribution is 2.34. The van der Waals surface area contributed by atoms with Gasteiger partial charge in [0.15, 0.2) is 0 Å². The SMILES string of the molecule is CC(C)(C)c1cccc(C2CCC(=NOCCO)CC2)c1. The van der Waals surface area contributed by atoms with Gasteiger partial charge in [-0.15, -0.1) is 0 Å². The molecule has 21 heavy (non-hydrogen) atoms. The minimum absolute atomic E-state index is 0.0268. The van der Waals surface area contributed by atoms with Gasteiger partial charge in [-0.25, -0.2) is 0 Å². The Morgan fingerprint density at radius 1 is 1.24 bits per heavy atom. The number of rotatable bonds is 4. The van der Waals surface area contributed by atoms with Crippen LogP contribution >= 0.6 is 0 Å². The van der Waals surface area contributed by atoms with Crippen LogP contribution in [0.25, 0.3) is 0 Å². The van der Waals surface area contributed by atoms with Crippen molar-refractivity contribution in [2.24, 2.45) is 5.16 Å². The van der Waals surface area contributed by atoms with Gasteiger partial charge in [0.25, 0.3) is 0 Å². The summed E-state index contributed by atoms with van der Waals surface area (Å²) in [5, 5.41) is 12.8. The van der Waals surface area contributed by atoms with Gasteiger partial charge >= 0.3 is 0 Å². The van der Waals surface area contributed by atoms with Gasteiger partial charge in [-0.3, -0.25) is 0 Å². The van der Waals surface area contributed by atoms with Crippen molar-refractivity contribution in [3.05, 3.63) is 35.4 Å². The number of hydrogen-bond acceptors (Lipinski definition) is 3. The molecule has 0 atom stereocenters. The molecule has 0 aromatic heterocycles. The molecular weight excluding hydrogens is 262 g/mol. The van der Waals surface area contributed by atoms with E-state index in [1.807, 2.05) is 0 Å². The van der Waals surface area contributed by atoms with Crippen LogP contribution in [0.2, 0.25) is 0 Å². The van der Waals surface area contributed by atoms with E-state index in [4.69, 9.17) is 9.94 Å². The van der Waals surface area contributed by atoms with Crippen LogP contribution in [0.15, 0.2) is 29.4 Å². The Bertz CT molecular complexity index is 478. The molecule has 2 rings (SSSR count). The third-order valence-corrected chi connectivity index (χ3v) is 4.16. The lowest BCUT2D eigenvalue weighted by molar-refractivity contribution is 0.0973. The first kappa shape index (κ1) is 16.0. The van der Waals surface area contributed by atoms with E-state index in [0.717, 1.165) is 31.4 Å². The summed E-state index contributed by atoms with van der Waals surface area (Å²) in [5.74, 6) is 0.629. The molecule has 1 saturated carbocycles. The van der Waals surface area contributed by atoms with Gasteiger partial charge in [-0.1, -0.05) is 50.2 Å². The van der Waals surface area contributed by atoms with E-state index in [1.165, 1.54) is 11.1 Å². The number of nitrogens with zero attached hydrogens (tertiary/aromatic N) is 1. The first-order chi connectivity index (χ1) is 10.0. The molecule has 1 aromatic rings. The van der Waals surface area contributed by atoms with E-state index in [9.17, 15) is 0 Å². The van der Waals surface area contributed by atoms with Crippen molar-refractivity contribution in [3.8, 4) is 0 Å². The Hall–Kier alpha value is -1.35. The van der Waals surface area contributed by atoms with Crippen molar-refractivity contribution in [2.45, 2.75) is 57.8 Å². The standard InChI is InChI=1S/C18H27NO2/c1-18(2,3)16-6-4-5-15(13-16)14-7-9-17(10-8-14)19-21-12-11-20/h4-6,13-14,20H,7-12H2,1-3H3. The third kappa shape index (κ3) is 4.57. The summed E-state index contributed by atoms with van der Waals surface area (Å²) in [6.45, 7) is 7.10. The largest absolute Gasteiger partial charge is 0.393 e. The van der Waals surface area contributed by atoms with Crippen LogP contribution in [0.1, 0.15) is 63.5 Å². The van der Waals surface area contributed by atoms with Crippen molar-refractivity contribution >= 4 is 5.71 Å². The van der Waals surface area contributed by atoms with Crippen LogP contribution in [0, 0.1) is 0 Å². The van der Waals surface area contributed by atoms with Crippen molar-refractivity contribution in [1.29, 1.82) is 0 Å². The first-order valence-corrected chi connectivity index (χ1v) is 7.89. The van der Waals surface area contributed by atoms with E-state index >= 15 is 0 Å². The second-order valence-electron chi connectivity index (χ2n) is 6.86. The zero-order valence-corrected chi connectivity index (χ0v) is 13.4. The smallest absolute Gasteiger partial charge is 0.140 e. The average molecular weight is 289 g/mol. The van der Waals surface area contributed by atoms with Crippen LogP contribution in [-0.2, 0) is 10.3 Å². The minimum Gasteiger partial charge on any atom is -0.393 e. The first-order valence-electron chi connectivity index (χ1n) is 7.89. The monoisotopic (exact) mass is 289 g/mol. The molecule has 0 amide bonds. The maximum absolute atomic E-state index is 8.68. The van der Waals surface area contributed by atoms with Gasteiger partial charge in [-0.2, -0.15) is 0 Å². The van der Waals surface area contributed by atoms with Gasteiger partial charge < -0.3 is 9.94 Å². The highest BCUT2D eigenvalue weighted by Gasteiger charge is 2.21. The summed E-state index contributed by atoms with van der Waals surface area (Å²) >= 11 is 0. The molecule has 1 aromatic carbocycles. The van der Waals surface area contributed by atoms with Gasteiger partial charge in [0.1, 0.15) is 6.61 Å². The minimum atomic E-state index is 0.0268. The van der Waals surface area contributed by atoms with Gasteiger partial charge in [0.2, 0.25) is 0 Å². The van der Waals surface area contributed by atoms with E-state index < -0.39 is 0 Å².